The van der Waals surface area contributed by atoms with Crippen molar-refractivity contribution in [2.75, 3.05) is 12.4 Å². The molecule has 0 aliphatic heterocycles. The van der Waals surface area contributed by atoms with E-state index in [1.165, 1.54) is 16.3 Å². The Bertz CT molecular complexity index is 1190. The molecule has 0 unspecified atom stereocenters. The summed E-state index contributed by atoms with van der Waals surface area (Å²) < 4.78 is 6.37. The Morgan fingerprint density at radius 3 is 2.69 bits per heavy atom. The number of amides is 1. The first-order valence-corrected chi connectivity index (χ1v) is 10.0. The minimum absolute atomic E-state index is 0.184. The van der Waals surface area contributed by atoms with Crippen LogP contribution in [0.3, 0.4) is 0 Å². The fraction of sp³-hybridized carbons (Fsp3) is 0.0833. The number of methoxy groups -OCH3 is 1. The van der Waals surface area contributed by atoms with Crippen LogP contribution in [0, 0.1) is 6.92 Å². The average molecular weight is 401 g/mol. The van der Waals surface area contributed by atoms with Gasteiger partial charge in [-0.2, -0.15) is 0 Å². The van der Waals surface area contributed by atoms with Gasteiger partial charge in [-0.05, 0) is 72.7 Å². The summed E-state index contributed by atoms with van der Waals surface area (Å²) in [4.78, 5) is 16.9. The van der Waals surface area contributed by atoms with Crippen LogP contribution in [0.5, 0.6) is 5.75 Å². The molecule has 1 heterocycles. The van der Waals surface area contributed by atoms with Crippen molar-refractivity contribution in [3.8, 4) is 16.3 Å². The van der Waals surface area contributed by atoms with E-state index in [1.807, 2.05) is 54.6 Å². The Labute approximate surface area is 173 Å². The van der Waals surface area contributed by atoms with Gasteiger partial charge in [0.05, 0.1) is 17.3 Å². The summed E-state index contributed by atoms with van der Waals surface area (Å²) in [7, 11) is 1.62. The summed E-state index contributed by atoms with van der Waals surface area (Å²) in [6.07, 6.45) is 3.27. The van der Waals surface area contributed by atoms with E-state index in [-0.39, 0.29) is 5.91 Å². The average Bonchev–Trinajstić information content (AvgIpc) is 3.16. The van der Waals surface area contributed by atoms with Gasteiger partial charge in [0.2, 0.25) is 5.91 Å². The van der Waals surface area contributed by atoms with E-state index in [0.717, 1.165) is 33.1 Å². The van der Waals surface area contributed by atoms with Crippen molar-refractivity contribution in [2.45, 2.75) is 6.92 Å². The van der Waals surface area contributed by atoms with Crippen molar-refractivity contribution in [3.63, 3.8) is 0 Å². The number of thiazole rings is 1. The highest BCUT2D eigenvalue weighted by Gasteiger charge is 2.07. The lowest BCUT2D eigenvalue weighted by Crippen LogP contribution is -2.07. The summed E-state index contributed by atoms with van der Waals surface area (Å²) in [5, 5.41) is 3.85. The zero-order valence-corrected chi connectivity index (χ0v) is 17.0. The van der Waals surface area contributed by atoms with Crippen LogP contribution in [0.4, 0.5) is 5.69 Å². The number of benzene rings is 3. The van der Waals surface area contributed by atoms with Gasteiger partial charge in [0, 0.05) is 17.3 Å². The van der Waals surface area contributed by atoms with E-state index in [0.29, 0.717) is 0 Å². The van der Waals surface area contributed by atoms with Crippen molar-refractivity contribution in [1.82, 2.24) is 4.98 Å². The van der Waals surface area contributed by atoms with E-state index >= 15 is 0 Å². The second kappa shape index (κ2) is 8.29. The Hall–Kier alpha value is -3.44. The molecule has 0 aliphatic rings. The minimum atomic E-state index is -0.184. The molecule has 3 aromatic carbocycles. The number of carbonyl (C=O) groups excluding carboxylic acids is 1. The first kappa shape index (κ1) is 18.9. The number of aryl methyl sites for hydroxylation is 1. The van der Waals surface area contributed by atoms with E-state index in [1.54, 1.807) is 24.5 Å². The number of anilines is 1. The lowest BCUT2D eigenvalue weighted by Gasteiger charge is -2.03. The summed E-state index contributed by atoms with van der Waals surface area (Å²) in [5.41, 5.74) is 4.92. The molecule has 29 heavy (non-hydrogen) atoms. The Morgan fingerprint density at radius 2 is 1.90 bits per heavy atom. The highest BCUT2D eigenvalue weighted by Crippen LogP contribution is 2.31. The van der Waals surface area contributed by atoms with Crippen molar-refractivity contribution < 1.29 is 9.53 Å². The van der Waals surface area contributed by atoms with E-state index in [4.69, 9.17) is 9.72 Å². The summed E-state index contributed by atoms with van der Waals surface area (Å²) >= 11 is 1.67. The topological polar surface area (TPSA) is 51.2 Å². The molecule has 4 rings (SSSR count). The standard InChI is InChI=1S/C24H20N2O2S/c1-16-6-12-21-22(14-16)29-24(26-21)18-8-10-19(11-9-18)25-23(27)13-7-17-4-3-5-20(15-17)28-2/h3-15H,1-2H3,(H,25,27)/b13-7+. The number of carbonyl (C=O) groups is 1. The molecule has 0 spiro atoms. The molecule has 4 nitrogen and oxygen atoms in total. The molecule has 0 atom stereocenters. The third kappa shape index (κ3) is 4.52. The number of hydrogen-bond donors (Lipinski definition) is 1. The van der Waals surface area contributed by atoms with Crippen LogP contribution in [0.15, 0.2) is 72.8 Å². The van der Waals surface area contributed by atoms with Crippen LogP contribution in [-0.4, -0.2) is 18.0 Å². The number of hydrogen-bond acceptors (Lipinski definition) is 4. The molecule has 0 saturated carbocycles. The van der Waals surface area contributed by atoms with Crippen LogP contribution in [0.2, 0.25) is 0 Å². The van der Waals surface area contributed by atoms with Crippen LogP contribution in [-0.2, 0) is 4.79 Å². The molecule has 1 amide bonds. The molecule has 1 N–H and O–H groups in total. The molecule has 1 aromatic heterocycles. The zero-order chi connectivity index (χ0) is 20.2. The van der Waals surface area contributed by atoms with Gasteiger partial charge in [-0.1, -0.05) is 18.2 Å². The molecular weight excluding hydrogens is 380 g/mol. The Kier molecular flexibility index (Phi) is 5.40. The summed E-state index contributed by atoms with van der Waals surface area (Å²) in [5.74, 6) is 0.573. The van der Waals surface area contributed by atoms with Crippen LogP contribution >= 0.6 is 11.3 Å². The molecular formula is C24H20N2O2S. The molecule has 5 heteroatoms. The third-order valence-corrected chi connectivity index (χ3v) is 5.53. The SMILES string of the molecule is COc1cccc(/C=C/C(=O)Nc2ccc(-c3nc4ccc(C)cc4s3)cc2)c1. The molecule has 0 bridgehead atoms. The van der Waals surface area contributed by atoms with Crippen molar-refractivity contribution >= 4 is 39.2 Å². The lowest BCUT2D eigenvalue weighted by molar-refractivity contribution is -0.111. The summed E-state index contributed by atoms with van der Waals surface area (Å²) in [6, 6.07) is 21.6. The van der Waals surface area contributed by atoms with Gasteiger partial charge < -0.3 is 10.1 Å². The van der Waals surface area contributed by atoms with Gasteiger partial charge >= 0.3 is 0 Å². The predicted octanol–water partition coefficient (Wildman–Crippen LogP) is 5.93. The highest BCUT2D eigenvalue weighted by molar-refractivity contribution is 7.21. The first-order chi connectivity index (χ1) is 14.1. The smallest absolute Gasteiger partial charge is 0.248 e. The Balaban J connectivity index is 1.44. The molecule has 144 valence electrons. The fourth-order valence-electron chi connectivity index (χ4n) is 2.95. The van der Waals surface area contributed by atoms with Gasteiger partial charge in [0.25, 0.3) is 0 Å². The normalized spacial score (nSPS) is 11.1. The van der Waals surface area contributed by atoms with Crippen LogP contribution in [0.1, 0.15) is 11.1 Å². The zero-order valence-electron chi connectivity index (χ0n) is 16.2. The van der Waals surface area contributed by atoms with Gasteiger partial charge in [-0.15, -0.1) is 11.3 Å². The quantitative estimate of drug-likeness (QED) is 0.422. The second-order valence-corrected chi connectivity index (χ2v) is 7.70. The lowest BCUT2D eigenvalue weighted by atomic mass is 10.2. The molecule has 0 radical (unpaired) electrons. The van der Waals surface area contributed by atoms with E-state index in [2.05, 4.69) is 24.4 Å². The molecule has 0 aliphatic carbocycles. The first-order valence-electron chi connectivity index (χ1n) is 9.21. The number of aromatic nitrogens is 1. The molecule has 0 fully saturated rings. The monoisotopic (exact) mass is 400 g/mol. The Morgan fingerprint density at radius 1 is 1.07 bits per heavy atom. The largest absolute Gasteiger partial charge is 0.497 e. The third-order valence-electron chi connectivity index (χ3n) is 4.46. The van der Waals surface area contributed by atoms with Crippen LogP contribution in [0.25, 0.3) is 26.9 Å². The van der Waals surface area contributed by atoms with Crippen molar-refractivity contribution in [1.29, 1.82) is 0 Å². The van der Waals surface area contributed by atoms with E-state index < -0.39 is 0 Å². The maximum Gasteiger partial charge on any atom is 0.248 e. The number of fused-ring (bicyclic) bond motifs is 1. The number of nitrogens with one attached hydrogen (secondary N) is 1. The predicted molar refractivity (Wildman–Crippen MR) is 120 cm³/mol. The summed E-state index contributed by atoms with van der Waals surface area (Å²) in [6.45, 7) is 2.08. The van der Waals surface area contributed by atoms with Crippen molar-refractivity contribution in [3.05, 3.63) is 83.9 Å². The van der Waals surface area contributed by atoms with Gasteiger partial charge in [0.1, 0.15) is 10.8 Å². The van der Waals surface area contributed by atoms with Gasteiger partial charge in [-0.3, -0.25) is 4.79 Å². The number of nitrogens with zero attached hydrogens (tertiary/aromatic N) is 1. The van der Waals surface area contributed by atoms with Gasteiger partial charge in [-0.25, -0.2) is 4.98 Å². The minimum Gasteiger partial charge on any atom is -0.497 e. The maximum atomic E-state index is 12.2. The molecule has 4 aromatic rings. The number of ether oxygens (including phenoxy) is 1. The fourth-order valence-corrected chi connectivity index (χ4v) is 4.02. The second-order valence-electron chi connectivity index (χ2n) is 6.67. The highest BCUT2D eigenvalue weighted by atomic mass is 32.1. The van der Waals surface area contributed by atoms with E-state index in [9.17, 15) is 4.79 Å². The van der Waals surface area contributed by atoms with Gasteiger partial charge in [0.15, 0.2) is 0 Å². The maximum absolute atomic E-state index is 12.2. The number of rotatable bonds is 5. The van der Waals surface area contributed by atoms with Crippen molar-refractivity contribution in [2.24, 2.45) is 0 Å². The molecule has 0 saturated heterocycles. The van der Waals surface area contributed by atoms with Crippen LogP contribution < -0.4 is 10.1 Å².